The van der Waals surface area contributed by atoms with Crippen LogP contribution in [0.5, 0.6) is 0 Å². The Morgan fingerprint density at radius 3 is 2.50 bits per heavy atom. The number of rotatable bonds is 6. The van der Waals surface area contributed by atoms with Crippen molar-refractivity contribution in [3.05, 3.63) is 0 Å². The molecule has 0 fully saturated rings. The Kier molecular flexibility index (Phi) is 4.55. The minimum absolute atomic E-state index is 0.113. The van der Waals surface area contributed by atoms with Gasteiger partial charge in [0.05, 0.1) is 5.41 Å². The smallest absolute Gasteiger partial charge is 0.309 e. The van der Waals surface area contributed by atoms with Crippen LogP contribution in [0, 0.1) is 5.41 Å². The zero-order chi connectivity index (χ0) is 9.61. The van der Waals surface area contributed by atoms with E-state index >= 15 is 0 Å². The van der Waals surface area contributed by atoms with Crippen LogP contribution in [0.3, 0.4) is 0 Å². The van der Waals surface area contributed by atoms with E-state index in [-0.39, 0.29) is 6.42 Å². The fraction of sp³-hybridized carbons (Fsp3) is 0.778. The minimum atomic E-state index is -0.872. The molecular weight excluding hydrogens is 156 g/mol. The Balaban J connectivity index is 4.17. The maximum atomic E-state index is 10.8. The molecule has 1 N–H and O–H groups in total. The van der Waals surface area contributed by atoms with Crippen molar-refractivity contribution in [1.82, 2.24) is 0 Å². The molecule has 0 bridgehead atoms. The Labute approximate surface area is 72.8 Å². The topological polar surface area (TPSA) is 54.4 Å². The average molecular weight is 172 g/mol. The number of carbonyl (C=O) groups is 2. The molecule has 0 aromatic carbocycles. The van der Waals surface area contributed by atoms with E-state index in [1.807, 2.05) is 6.92 Å². The van der Waals surface area contributed by atoms with E-state index in [1.54, 1.807) is 6.92 Å². The summed E-state index contributed by atoms with van der Waals surface area (Å²) in [7, 11) is 0. The number of unbranched alkanes of at least 4 members (excludes halogenated alkanes) is 1. The van der Waals surface area contributed by atoms with Crippen molar-refractivity contribution in [2.75, 3.05) is 0 Å². The fourth-order valence-electron chi connectivity index (χ4n) is 1.05. The third kappa shape index (κ3) is 3.03. The summed E-state index contributed by atoms with van der Waals surface area (Å²) in [6, 6.07) is 0. The van der Waals surface area contributed by atoms with Crippen molar-refractivity contribution >= 4 is 12.3 Å². The molecule has 0 aromatic rings. The largest absolute Gasteiger partial charge is 0.481 e. The van der Waals surface area contributed by atoms with E-state index in [1.165, 1.54) is 0 Å². The second kappa shape index (κ2) is 4.91. The summed E-state index contributed by atoms with van der Waals surface area (Å²) < 4.78 is 0. The number of carboxylic acid groups (broad SMARTS) is 1. The predicted molar refractivity (Wildman–Crippen MR) is 45.9 cm³/mol. The normalized spacial score (nSPS) is 15.2. The van der Waals surface area contributed by atoms with Gasteiger partial charge in [0.25, 0.3) is 0 Å². The van der Waals surface area contributed by atoms with Crippen LogP contribution in [0.1, 0.15) is 39.5 Å². The van der Waals surface area contributed by atoms with Crippen LogP contribution in [-0.4, -0.2) is 17.4 Å². The first-order valence-corrected chi connectivity index (χ1v) is 4.24. The monoisotopic (exact) mass is 172 g/mol. The SMILES string of the molecule is CCCCC(C)(CC=O)C(=O)O. The Morgan fingerprint density at radius 2 is 2.17 bits per heavy atom. The van der Waals surface area contributed by atoms with Gasteiger partial charge in [-0.2, -0.15) is 0 Å². The fourth-order valence-corrected chi connectivity index (χ4v) is 1.05. The molecule has 0 aliphatic carbocycles. The van der Waals surface area contributed by atoms with Crippen LogP contribution in [-0.2, 0) is 9.59 Å². The Hall–Kier alpha value is -0.860. The quantitative estimate of drug-likeness (QED) is 0.622. The highest BCUT2D eigenvalue weighted by Crippen LogP contribution is 2.27. The molecule has 3 heteroatoms. The molecule has 0 amide bonds. The van der Waals surface area contributed by atoms with Gasteiger partial charge in [0.15, 0.2) is 0 Å². The first-order chi connectivity index (χ1) is 5.56. The summed E-state index contributed by atoms with van der Waals surface area (Å²) in [6.07, 6.45) is 3.20. The molecule has 0 spiro atoms. The molecule has 70 valence electrons. The maximum absolute atomic E-state index is 10.8. The Morgan fingerprint density at radius 1 is 1.58 bits per heavy atom. The highest BCUT2D eigenvalue weighted by Gasteiger charge is 2.31. The van der Waals surface area contributed by atoms with Crippen LogP contribution < -0.4 is 0 Å². The molecule has 0 radical (unpaired) electrons. The second-order valence-corrected chi connectivity index (χ2v) is 3.34. The lowest BCUT2D eigenvalue weighted by Gasteiger charge is -2.21. The second-order valence-electron chi connectivity index (χ2n) is 3.34. The number of aliphatic carboxylic acids is 1. The molecule has 12 heavy (non-hydrogen) atoms. The number of carboxylic acids is 1. The van der Waals surface area contributed by atoms with Crippen molar-refractivity contribution in [1.29, 1.82) is 0 Å². The van der Waals surface area contributed by atoms with Crippen LogP contribution in [0.15, 0.2) is 0 Å². The van der Waals surface area contributed by atoms with E-state index in [0.717, 1.165) is 12.8 Å². The minimum Gasteiger partial charge on any atom is -0.481 e. The van der Waals surface area contributed by atoms with Crippen molar-refractivity contribution in [2.45, 2.75) is 39.5 Å². The lowest BCUT2D eigenvalue weighted by atomic mass is 9.82. The van der Waals surface area contributed by atoms with Gasteiger partial charge in [0.1, 0.15) is 6.29 Å². The van der Waals surface area contributed by atoms with Crippen LogP contribution in [0.2, 0.25) is 0 Å². The highest BCUT2D eigenvalue weighted by molar-refractivity contribution is 5.77. The maximum Gasteiger partial charge on any atom is 0.309 e. The van der Waals surface area contributed by atoms with E-state index in [0.29, 0.717) is 12.7 Å². The first-order valence-electron chi connectivity index (χ1n) is 4.24. The third-order valence-electron chi connectivity index (χ3n) is 2.13. The van der Waals surface area contributed by atoms with E-state index < -0.39 is 11.4 Å². The summed E-state index contributed by atoms with van der Waals surface area (Å²) in [5.74, 6) is -0.872. The van der Waals surface area contributed by atoms with Gasteiger partial charge >= 0.3 is 5.97 Å². The third-order valence-corrected chi connectivity index (χ3v) is 2.13. The van der Waals surface area contributed by atoms with Gasteiger partial charge in [0.2, 0.25) is 0 Å². The van der Waals surface area contributed by atoms with E-state index in [9.17, 15) is 9.59 Å². The van der Waals surface area contributed by atoms with E-state index in [4.69, 9.17) is 5.11 Å². The van der Waals surface area contributed by atoms with Gasteiger partial charge < -0.3 is 9.90 Å². The molecule has 0 aromatic heterocycles. The molecule has 1 unspecified atom stereocenters. The predicted octanol–water partition coefficient (Wildman–Crippen LogP) is 1.86. The average Bonchev–Trinajstić information content (AvgIpc) is 2.01. The number of aldehydes is 1. The molecule has 3 nitrogen and oxygen atoms in total. The number of hydrogen-bond donors (Lipinski definition) is 1. The van der Waals surface area contributed by atoms with Gasteiger partial charge in [-0.15, -0.1) is 0 Å². The molecule has 0 saturated carbocycles. The molecule has 0 aliphatic heterocycles. The lowest BCUT2D eigenvalue weighted by Crippen LogP contribution is -2.27. The van der Waals surface area contributed by atoms with Gasteiger partial charge in [-0.3, -0.25) is 4.79 Å². The van der Waals surface area contributed by atoms with Crippen molar-refractivity contribution in [3.63, 3.8) is 0 Å². The summed E-state index contributed by atoms with van der Waals surface area (Å²) in [5, 5.41) is 8.83. The molecule has 1 atom stereocenters. The van der Waals surface area contributed by atoms with Gasteiger partial charge in [-0.05, 0) is 13.3 Å². The zero-order valence-corrected chi connectivity index (χ0v) is 7.67. The van der Waals surface area contributed by atoms with Gasteiger partial charge in [0, 0.05) is 6.42 Å². The summed E-state index contributed by atoms with van der Waals surface area (Å²) in [5.41, 5.74) is -0.849. The molecule has 0 saturated heterocycles. The summed E-state index contributed by atoms with van der Waals surface area (Å²) >= 11 is 0. The summed E-state index contributed by atoms with van der Waals surface area (Å²) in [4.78, 5) is 21.0. The van der Waals surface area contributed by atoms with Crippen molar-refractivity contribution < 1.29 is 14.7 Å². The molecule has 0 heterocycles. The first kappa shape index (κ1) is 11.1. The number of carbonyl (C=O) groups excluding carboxylic acids is 1. The standard InChI is InChI=1S/C9H16O3/c1-3-4-5-9(2,6-7-10)8(11)12/h7H,3-6H2,1-2H3,(H,11,12). The lowest BCUT2D eigenvalue weighted by molar-refractivity contribution is -0.149. The van der Waals surface area contributed by atoms with Crippen LogP contribution >= 0.6 is 0 Å². The van der Waals surface area contributed by atoms with Crippen LogP contribution in [0.4, 0.5) is 0 Å². The van der Waals surface area contributed by atoms with E-state index in [2.05, 4.69) is 0 Å². The summed E-state index contributed by atoms with van der Waals surface area (Å²) in [6.45, 7) is 3.63. The van der Waals surface area contributed by atoms with Crippen LogP contribution in [0.25, 0.3) is 0 Å². The molecule has 0 rings (SSSR count). The zero-order valence-electron chi connectivity index (χ0n) is 7.67. The number of hydrogen-bond acceptors (Lipinski definition) is 2. The molecular formula is C9H16O3. The van der Waals surface area contributed by atoms with Gasteiger partial charge in [-0.25, -0.2) is 0 Å². The van der Waals surface area contributed by atoms with Gasteiger partial charge in [-0.1, -0.05) is 19.8 Å². The Bertz CT molecular complexity index is 165. The highest BCUT2D eigenvalue weighted by atomic mass is 16.4. The molecule has 0 aliphatic rings. The van der Waals surface area contributed by atoms with Crippen molar-refractivity contribution in [3.8, 4) is 0 Å². The van der Waals surface area contributed by atoms with Crippen molar-refractivity contribution in [2.24, 2.45) is 5.41 Å².